The minimum atomic E-state index is 0.0837. The van der Waals surface area contributed by atoms with E-state index in [1.54, 1.807) is 23.8 Å². The lowest BCUT2D eigenvalue weighted by molar-refractivity contribution is -0.125. The SMILES string of the molecule is O=C(NCCc1ccco1)C1CCN(c2nc3cccnc3s2)CC1. The molecule has 0 unspecified atom stereocenters. The highest BCUT2D eigenvalue weighted by Gasteiger charge is 2.26. The van der Waals surface area contributed by atoms with Gasteiger partial charge in [0.15, 0.2) is 5.13 Å². The molecule has 3 aromatic heterocycles. The zero-order valence-electron chi connectivity index (χ0n) is 13.9. The number of piperidine rings is 1. The summed E-state index contributed by atoms with van der Waals surface area (Å²) >= 11 is 1.62. The number of nitrogens with one attached hydrogen (secondary N) is 1. The van der Waals surface area contributed by atoms with Crippen molar-refractivity contribution in [1.82, 2.24) is 15.3 Å². The summed E-state index contributed by atoms with van der Waals surface area (Å²) in [5.41, 5.74) is 0.945. The molecule has 3 aromatic rings. The van der Waals surface area contributed by atoms with E-state index >= 15 is 0 Å². The third-order valence-corrected chi connectivity index (χ3v) is 5.58. The van der Waals surface area contributed by atoms with Crippen LogP contribution in [0.3, 0.4) is 0 Å². The number of pyridine rings is 1. The maximum atomic E-state index is 12.3. The molecule has 0 saturated carbocycles. The number of hydrogen-bond acceptors (Lipinski definition) is 6. The largest absolute Gasteiger partial charge is 0.469 e. The van der Waals surface area contributed by atoms with E-state index in [1.807, 2.05) is 24.3 Å². The zero-order valence-corrected chi connectivity index (χ0v) is 14.7. The fourth-order valence-corrected chi connectivity index (χ4v) is 4.10. The van der Waals surface area contributed by atoms with Crippen molar-refractivity contribution in [3.05, 3.63) is 42.5 Å². The fourth-order valence-electron chi connectivity index (χ4n) is 3.13. The van der Waals surface area contributed by atoms with Crippen LogP contribution in [0, 0.1) is 5.92 Å². The molecule has 0 radical (unpaired) electrons. The van der Waals surface area contributed by atoms with Gasteiger partial charge < -0.3 is 14.6 Å². The van der Waals surface area contributed by atoms with Gasteiger partial charge in [0.2, 0.25) is 5.91 Å². The predicted molar refractivity (Wildman–Crippen MR) is 97.8 cm³/mol. The lowest BCUT2D eigenvalue weighted by Crippen LogP contribution is -2.41. The lowest BCUT2D eigenvalue weighted by Gasteiger charge is -2.30. The van der Waals surface area contributed by atoms with Crippen molar-refractivity contribution in [2.45, 2.75) is 19.3 Å². The second-order valence-electron chi connectivity index (χ2n) is 6.21. The van der Waals surface area contributed by atoms with Crippen LogP contribution in [-0.4, -0.2) is 35.5 Å². The molecule has 0 spiro atoms. The van der Waals surface area contributed by atoms with E-state index in [2.05, 4.69) is 20.2 Å². The van der Waals surface area contributed by atoms with Gasteiger partial charge in [-0.3, -0.25) is 4.79 Å². The molecule has 7 heteroatoms. The van der Waals surface area contributed by atoms with Gasteiger partial charge in [0.05, 0.1) is 6.26 Å². The molecule has 1 amide bonds. The van der Waals surface area contributed by atoms with Gasteiger partial charge in [-0.1, -0.05) is 11.3 Å². The van der Waals surface area contributed by atoms with E-state index in [0.717, 1.165) is 53.6 Å². The summed E-state index contributed by atoms with van der Waals surface area (Å²) in [6, 6.07) is 7.69. The molecule has 0 aromatic carbocycles. The second-order valence-corrected chi connectivity index (χ2v) is 7.16. The Hall–Kier alpha value is -2.41. The van der Waals surface area contributed by atoms with Gasteiger partial charge in [-0.25, -0.2) is 9.97 Å². The first kappa shape index (κ1) is 16.1. The molecule has 1 aliphatic rings. The van der Waals surface area contributed by atoms with Gasteiger partial charge >= 0.3 is 0 Å². The molecular formula is C18H20N4O2S. The smallest absolute Gasteiger partial charge is 0.223 e. The van der Waals surface area contributed by atoms with Crippen LogP contribution in [0.4, 0.5) is 5.13 Å². The molecule has 1 saturated heterocycles. The molecule has 0 atom stereocenters. The molecule has 1 N–H and O–H groups in total. The van der Waals surface area contributed by atoms with Crippen molar-refractivity contribution < 1.29 is 9.21 Å². The third-order valence-electron chi connectivity index (χ3n) is 4.54. The number of furan rings is 1. The molecule has 0 bridgehead atoms. The number of carbonyl (C=O) groups is 1. The highest BCUT2D eigenvalue weighted by Crippen LogP contribution is 2.30. The summed E-state index contributed by atoms with van der Waals surface area (Å²) in [6.07, 6.45) is 5.90. The first-order chi connectivity index (χ1) is 12.3. The molecule has 1 fully saturated rings. The number of anilines is 1. The maximum Gasteiger partial charge on any atom is 0.223 e. The second kappa shape index (κ2) is 7.23. The molecule has 25 heavy (non-hydrogen) atoms. The van der Waals surface area contributed by atoms with Gasteiger partial charge in [0.1, 0.15) is 16.1 Å². The number of nitrogens with zero attached hydrogens (tertiary/aromatic N) is 3. The van der Waals surface area contributed by atoms with Crippen LogP contribution in [0.1, 0.15) is 18.6 Å². The fraction of sp³-hybridized carbons (Fsp3) is 0.389. The molecule has 4 heterocycles. The van der Waals surface area contributed by atoms with Gasteiger partial charge in [0.25, 0.3) is 0 Å². The minimum absolute atomic E-state index is 0.0837. The molecule has 6 nitrogen and oxygen atoms in total. The first-order valence-corrected chi connectivity index (χ1v) is 9.38. The number of fused-ring (bicyclic) bond motifs is 1. The van der Waals surface area contributed by atoms with Crippen LogP contribution in [0.5, 0.6) is 0 Å². The Morgan fingerprint density at radius 1 is 1.32 bits per heavy atom. The summed E-state index contributed by atoms with van der Waals surface area (Å²) in [5, 5.41) is 4.03. The summed E-state index contributed by atoms with van der Waals surface area (Å²) in [4.78, 5) is 24.6. The van der Waals surface area contributed by atoms with E-state index < -0.39 is 0 Å². The average Bonchev–Trinajstić information content (AvgIpc) is 3.31. The van der Waals surface area contributed by atoms with Crippen LogP contribution in [0.2, 0.25) is 0 Å². The van der Waals surface area contributed by atoms with E-state index in [0.29, 0.717) is 6.54 Å². The first-order valence-electron chi connectivity index (χ1n) is 8.56. The van der Waals surface area contributed by atoms with Gasteiger partial charge in [-0.2, -0.15) is 0 Å². The van der Waals surface area contributed by atoms with Crippen LogP contribution in [-0.2, 0) is 11.2 Å². The number of rotatable bonds is 5. The highest BCUT2D eigenvalue weighted by atomic mass is 32.1. The number of hydrogen-bond donors (Lipinski definition) is 1. The molecular weight excluding hydrogens is 336 g/mol. The number of aromatic nitrogens is 2. The Morgan fingerprint density at radius 2 is 2.20 bits per heavy atom. The van der Waals surface area contributed by atoms with Gasteiger partial charge in [-0.15, -0.1) is 0 Å². The number of thiazole rings is 1. The Morgan fingerprint density at radius 3 is 2.96 bits per heavy atom. The standard InChI is InChI=1S/C18H20N4O2S/c23-16(19-9-5-14-3-2-12-24-14)13-6-10-22(11-7-13)18-21-15-4-1-8-20-17(15)25-18/h1-4,8,12-13H,5-7,9-11H2,(H,19,23). The molecule has 0 aliphatic carbocycles. The summed E-state index contributed by atoms with van der Waals surface area (Å²) in [7, 11) is 0. The molecule has 1 aliphatic heterocycles. The van der Waals surface area contributed by atoms with Crippen LogP contribution in [0.25, 0.3) is 10.3 Å². The Bertz CT molecular complexity index is 805. The predicted octanol–water partition coefficient (Wildman–Crippen LogP) is 2.86. The minimum Gasteiger partial charge on any atom is -0.469 e. The van der Waals surface area contributed by atoms with Crippen molar-refractivity contribution in [2.24, 2.45) is 5.92 Å². The van der Waals surface area contributed by atoms with Crippen molar-refractivity contribution in [3.63, 3.8) is 0 Å². The van der Waals surface area contributed by atoms with Crippen LogP contribution >= 0.6 is 11.3 Å². The average molecular weight is 356 g/mol. The van der Waals surface area contributed by atoms with Crippen molar-refractivity contribution in [2.75, 3.05) is 24.5 Å². The molecule has 4 rings (SSSR count). The lowest BCUT2D eigenvalue weighted by atomic mass is 9.96. The Labute approximate surface area is 149 Å². The van der Waals surface area contributed by atoms with E-state index in [9.17, 15) is 4.79 Å². The van der Waals surface area contributed by atoms with Gasteiger partial charge in [0, 0.05) is 38.2 Å². The maximum absolute atomic E-state index is 12.3. The van der Waals surface area contributed by atoms with E-state index in [-0.39, 0.29) is 11.8 Å². The van der Waals surface area contributed by atoms with E-state index in [1.165, 1.54) is 0 Å². The monoisotopic (exact) mass is 356 g/mol. The van der Waals surface area contributed by atoms with E-state index in [4.69, 9.17) is 4.42 Å². The molecule has 130 valence electrons. The Kier molecular flexibility index (Phi) is 4.65. The summed E-state index contributed by atoms with van der Waals surface area (Å²) < 4.78 is 5.28. The zero-order chi connectivity index (χ0) is 17.1. The number of amides is 1. The Balaban J connectivity index is 1.28. The van der Waals surface area contributed by atoms with Crippen molar-refractivity contribution >= 4 is 32.7 Å². The number of carbonyl (C=O) groups excluding carboxylic acids is 1. The highest BCUT2D eigenvalue weighted by molar-refractivity contribution is 7.21. The summed E-state index contributed by atoms with van der Waals surface area (Å²) in [6.45, 7) is 2.34. The van der Waals surface area contributed by atoms with Gasteiger partial charge in [-0.05, 0) is 37.1 Å². The van der Waals surface area contributed by atoms with Crippen molar-refractivity contribution in [1.29, 1.82) is 0 Å². The quantitative estimate of drug-likeness (QED) is 0.761. The topological polar surface area (TPSA) is 71.3 Å². The summed E-state index contributed by atoms with van der Waals surface area (Å²) in [5.74, 6) is 1.14. The van der Waals surface area contributed by atoms with Crippen LogP contribution in [0.15, 0.2) is 41.1 Å². The van der Waals surface area contributed by atoms with Crippen LogP contribution < -0.4 is 10.2 Å². The normalized spacial score (nSPS) is 15.6. The van der Waals surface area contributed by atoms with Crippen molar-refractivity contribution in [3.8, 4) is 0 Å². The third kappa shape index (κ3) is 3.66.